The van der Waals surface area contributed by atoms with Crippen LogP contribution in [0.3, 0.4) is 0 Å². The van der Waals surface area contributed by atoms with Crippen molar-refractivity contribution in [2.24, 2.45) is 5.92 Å². The molecule has 28 heavy (non-hydrogen) atoms. The van der Waals surface area contributed by atoms with E-state index in [1.54, 1.807) is 22.8 Å². The zero-order chi connectivity index (χ0) is 20.1. The van der Waals surface area contributed by atoms with Crippen LogP contribution in [-0.4, -0.2) is 65.0 Å². The summed E-state index contributed by atoms with van der Waals surface area (Å²) in [6, 6.07) is 7.36. The molecular weight excluding hydrogens is 386 g/mol. The van der Waals surface area contributed by atoms with Crippen LogP contribution in [0.2, 0.25) is 0 Å². The average molecular weight is 413 g/mol. The largest absolute Gasteiger partial charge is 0.379 e. The minimum atomic E-state index is -2.59. The Labute approximate surface area is 167 Å². The summed E-state index contributed by atoms with van der Waals surface area (Å²) in [6.45, 7) is 7.84. The first-order valence-electron chi connectivity index (χ1n) is 9.44. The lowest BCUT2D eigenvalue weighted by atomic mass is 10.0. The quantitative estimate of drug-likeness (QED) is 0.676. The number of carbonyl (C=O) groups is 1. The van der Waals surface area contributed by atoms with Gasteiger partial charge in [-0.2, -0.15) is 8.78 Å². The van der Waals surface area contributed by atoms with E-state index in [2.05, 4.69) is 29.0 Å². The predicted molar refractivity (Wildman–Crippen MR) is 106 cm³/mol. The van der Waals surface area contributed by atoms with Crippen LogP contribution in [0.5, 0.6) is 0 Å². The summed E-state index contributed by atoms with van der Waals surface area (Å²) in [7, 11) is 0. The van der Waals surface area contributed by atoms with E-state index in [1.807, 2.05) is 6.07 Å². The average Bonchev–Trinajstić information content (AvgIpc) is 2.99. The highest BCUT2D eigenvalue weighted by atomic mass is 32.2. The van der Waals surface area contributed by atoms with E-state index >= 15 is 0 Å². The van der Waals surface area contributed by atoms with Crippen LogP contribution in [-0.2, 0) is 16.1 Å². The molecule has 1 unspecified atom stereocenters. The molecule has 3 rings (SSSR count). The second kappa shape index (κ2) is 9.67. The molecule has 2 heterocycles. The van der Waals surface area contributed by atoms with Crippen LogP contribution in [0.1, 0.15) is 13.8 Å². The SMILES string of the molecule is CC(C)C(CNC(=O)Cn1c(SC(F)F)nc2ccccc21)N1CCOCC1. The number of hydrogen-bond acceptors (Lipinski definition) is 5. The minimum Gasteiger partial charge on any atom is -0.379 e. The lowest BCUT2D eigenvalue weighted by Gasteiger charge is -2.36. The molecule has 1 aromatic carbocycles. The standard InChI is InChI=1S/C19H26F2N4O2S/c1-13(2)16(24-7-9-27-10-8-24)11-22-17(26)12-25-15-6-4-3-5-14(15)23-19(25)28-18(20)21/h3-6,13,16,18H,7-12H2,1-2H3,(H,22,26). The molecule has 1 aliphatic heterocycles. The Kier molecular flexibility index (Phi) is 7.25. The summed E-state index contributed by atoms with van der Waals surface area (Å²) in [6.07, 6.45) is 0. The fourth-order valence-electron chi connectivity index (χ4n) is 3.49. The molecule has 1 aromatic heterocycles. The number of benzene rings is 1. The maximum atomic E-state index is 12.9. The third-order valence-corrected chi connectivity index (χ3v) is 5.61. The molecule has 1 N–H and O–H groups in total. The first-order chi connectivity index (χ1) is 13.5. The van der Waals surface area contributed by atoms with Gasteiger partial charge in [-0.05, 0) is 29.8 Å². The van der Waals surface area contributed by atoms with Gasteiger partial charge in [0.15, 0.2) is 5.16 Å². The normalized spacial score (nSPS) is 16.8. The van der Waals surface area contributed by atoms with E-state index in [9.17, 15) is 13.6 Å². The number of hydrogen-bond donors (Lipinski definition) is 1. The zero-order valence-electron chi connectivity index (χ0n) is 16.1. The van der Waals surface area contributed by atoms with Crippen LogP contribution in [0.15, 0.2) is 29.4 Å². The number of imidazole rings is 1. The third kappa shape index (κ3) is 5.21. The Morgan fingerprint density at radius 2 is 2.00 bits per heavy atom. The maximum absolute atomic E-state index is 12.9. The molecule has 0 bridgehead atoms. The van der Waals surface area contributed by atoms with Gasteiger partial charge in [0.25, 0.3) is 5.76 Å². The van der Waals surface area contributed by atoms with Crippen LogP contribution in [0, 0.1) is 5.92 Å². The number of alkyl halides is 2. The van der Waals surface area contributed by atoms with Gasteiger partial charge in [-0.15, -0.1) is 0 Å². The number of thioether (sulfide) groups is 1. The summed E-state index contributed by atoms with van der Waals surface area (Å²) in [4.78, 5) is 19.2. The highest BCUT2D eigenvalue weighted by molar-refractivity contribution is 7.99. The molecule has 6 nitrogen and oxygen atoms in total. The smallest absolute Gasteiger partial charge is 0.291 e. The number of ether oxygens (including phenoxy) is 1. The zero-order valence-corrected chi connectivity index (χ0v) is 16.9. The van der Waals surface area contributed by atoms with Gasteiger partial charge in [0.05, 0.1) is 24.2 Å². The first kappa shape index (κ1) is 21.0. The number of nitrogens with zero attached hydrogens (tertiary/aromatic N) is 3. The van der Waals surface area contributed by atoms with E-state index in [-0.39, 0.29) is 23.7 Å². The lowest BCUT2D eigenvalue weighted by Crippen LogP contribution is -2.51. The summed E-state index contributed by atoms with van der Waals surface area (Å²) in [5.41, 5.74) is 1.28. The lowest BCUT2D eigenvalue weighted by molar-refractivity contribution is -0.122. The fraction of sp³-hybridized carbons (Fsp3) is 0.579. The summed E-state index contributed by atoms with van der Waals surface area (Å²) < 4.78 is 32.8. The van der Waals surface area contributed by atoms with Crippen LogP contribution in [0.25, 0.3) is 11.0 Å². The van der Waals surface area contributed by atoms with Crippen molar-refractivity contribution in [3.63, 3.8) is 0 Å². The Hall–Kier alpha value is -1.71. The molecule has 1 saturated heterocycles. The van der Waals surface area contributed by atoms with Crippen molar-refractivity contribution < 1.29 is 18.3 Å². The Morgan fingerprint density at radius 1 is 1.29 bits per heavy atom. The Morgan fingerprint density at radius 3 is 2.68 bits per heavy atom. The number of nitrogens with one attached hydrogen (secondary N) is 1. The summed E-state index contributed by atoms with van der Waals surface area (Å²) >= 11 is 0.361. The summed E-state index contributed by atoms with van der Waals surface area (Å²) in [5, 5.41) is 3.13. The van der Waals surface area contributed by atoms with Gasteiger partial charge in [-0.1, -0.05) is 26.0 Å². The monoisotopic (exact) mass is 412 g/mol. The number of rotatable bonds is 8. The van der Waals surface area contributed by atoms with Crippen molar-refractivity contribution in [2.75, 3.05) is 32.8 Å². The van der Waals surface area contributed by atoms with Crippen molar-refractivity contribution in [2.45, 2.75) is 37.3 Å². The van der Waals surface area contributed by atoms with Crippen molar-refractivity contribution in [3.05, 3.63) is 24.3 Å². The molecule has 154 valence electrons. The topological polar surface area (TPSA) is 59.4 Å². The maximum Gasteiger partial charge on any atom is 0.291 e. The van der Waals surface area contributed by atoms with Crippen molar-refractivity contribution in [3.8, 4) is 0 Å². The molecule has 9 heteroatoms. The van der Waals surface area contributed by atoms with E-state index in [1.165, 1.54) is 0 Å². The Bertz CT molecular complexity index is 793. The van der Waals surface area contributed by atoms with Gasteiger partial charge >= 0.3 is 0 Å². The second-order valence-corrected chi connectivity index (χ2v) is 8.07. The summed E-state index contributed by atoms with van der Waals surface area (Å²) in [5.74, 6) is -2.43. The molecule has 1 fully saturated rings. The molecule has 1 atom stereocenters. The van der Waals surface area contributed by atoms with Gasteiger partial charge in [-0.25, -0.2) is 4.98 Å². The van der Waals surface area contributed by atoms with Gasteiger partial charge in [-0.3, -0.25) is 9.69 Å². The second-order valence-electron chi connectivity index (χ2n) is 7.11. The highest BCUT2D eigenvalue weighted by Crippen LogP contribution is 2.28. The minimum absolute atomic E-state index is 0.0382. The highest BCUT2D eigenvalue weighted by Gasteiger charge is 2.24. The van der Waals surface area contributed by atoms with Crippen molar-refractivity contribution >= 4 is 28.7 Å². The van der Waals surface area contributed by atoms with E-state index in [0.717, 1.165) is 13.1 Å². The molecule has 2 aromatic rings. The Balaban J connectivity index is 1.68. The molecule has 0 saturated carbocycles. The van der Waals surface area contributed by atoms with Gasteiger partial charge in [0.1, 0.15) is 6.54 Å². The molecular formula is C19H26F2N4O2S. The number of halogens is 2. The number of aromatic nitrogens is 2. The number of amides is 1. The third-order valence-electron chi connectivity index (χ3n) is 4.91. The predicted octanol–water partition coefficient (Wildman–Crippen LogP) is 2.82. The van der Waals surface area contributed by atoms with Gasteiger partial charge in [0, 0.05) is 25.7 Å². The fourth-order valence-corrected chi connectivity index (χ4v) is 4.09. The van der Waals surface area contributed by atoms with E-state index in [0.29, 0.717) is 48.5 Å². The molecule has 0 radical (unpaired) electrons. The molecule has 0 aliphatic carbocycles. The van der Waals surface area contributed by atoms with Crippen molar-refractivity contribution in [1.82, 2.24) is 19.8 Å². The molecule has 1 aliphatic rings. The van der Waals surface area contributed by atoms with E-state index < -0.39 is 5.76 Å². The van der Waals surface area contributed by atoms with Crippen LogP contribution in [0.4, 0.5) is 8.78 Å². The number of fused-ring (bicyclic) bond motifs is 1. The number of para-hydroxylation sites is 2. The van der Waals surface area contributed by atoms with Crippen molar-refractivity contribution in [1.29, 1.82) is 0 Å². The number of carbonyl (C=O) groups excluding carboxylic acids is 1. The number of morpholine rings is 1. The van der Waals surface area contributed by atoms with E-state index in [4.69, 9.17) is 4.74 Å². The van der Waals surface area contributed by atoms with Gasteiger partial charge < -0.3 is 14.6 Å². The first-order valence-corrected chi connectivity index (χ1v) is 10.3. The van der Waals surface area contributed by atoms with Crippen LogP contribution < -0.4 is 5.32 Å². The van der Waals surface area contributed by atoms with Gasteiger partial charge in [0.2, 0.25) is 5.91 Å². The molecule has 1 amide bonds. The molecule has 0 spiro atoms. The van der Waals surface area contributed by atoms with Crippen LogP contribution >= 0.6 is 11.8 Å².